The van der Waals surface area contributed by atoms with Crippen LogP contribution < -0.4 is 9.64 Å². The summed E-state index contributed by atoms with van der Waals surface area (Å²) in [6.45, 7) is 8.19. The molecule has 0 bridgehead atoms. The molecule has 1 N–H and O–H groups in total. The molecule has 0 radical (unpaired) electrons. The number of ether oxygens (including phenoxy) is 1. The Morgan fingerprint density at radius 2 is 1.76 bits per heavy atom. The van der Waals surface area contributed by atoms with Crippen LogP contribution in [0, 0.1) is 6.92 Å². The molecule has 174 valence electrons. The van der Waals surface area contributed by atoms with Crippen LogP contribution in [0.2, 0.25) is 0 Å². The topological polar surface area (TPSA) is 79.7 Å². The first-order valence-corrected chi connectivity index (χ1v) is 11.1. The Morgan fingerprint density at radius 3 is 2.32 bits per heavy atom. The molecule has 1 amide bonds. The predicted octanol–water partition coefficient (Wildman–Crippen LogP) is 5.32. The molecule has 1 atom stereocenters. The number of carbonyl (C=O) groups is 2. The zero-order valence-corrected chi connectivity index (χ0v) is 20.0. The van der Waals surface area contributed by atoms with E-state index < -0.39 is 17.7 Å². The van der Waals surface area contributed by atoms with Crippen molar-refractivity contribution in [3.63, 3.8) is 0 Å². The predicted molar refractivity (Wildman–Crippen MR) is 132 cm³/mol. The van der Waals surface area contributed by atoms with E-state index in [2.05, 4.69) is 25.8 Å². The fourth-order valence-electron chi connectivity index (χ4n) is 4.26. The minimum absolute atomic E-state index is 0.0301. The molecule has 1 aliphatic rings. The summed E-state index contributed by atoms with van der Waals surface area (Å²) in [6, 6.07) is 15.5. The SMILES string of the molecule is COc1ccc(/C(O)=C2/C(=O)C(=O)N(c3ccc(C(C)(C)C)cc3)C2c2cccnc2)cc1C. The van der Waals surface area contributed by atoms with Gasteiger partial charge in [0.15, 0.2) is 0 Å². The van der Waals surface area contributed by atoms with Gasteiger partial charge >= 0.3 is 0 Å². The normalized spacial score (nSPS) is 17.8. The van der Waals surface area contributed by atoms with E-state index in [-0.39, 0.29) is 16.7 Å². The summed E-state index contributed by atoms with van der Waals surface area (Å²) < 4.78 is 5.31. The number of hydrogen-bond acceptors (Lipinski definition) is 5. The monoisotopic (exact) mass is 456 g/mol. The molecule has 0 saturated carbocycles. The van der Waals surface area contributed by atoms with Crippen molar-refractivity contribution in [3.8, 4) is 5.75 Å². The zero-order chi connectivity index (χ0) is 24.6. The highest BCUT2D eigenvalue weighted by atomic mass is 16.5. The molecule has 1 unspecified atom stereocenters. The fourth-order valence-corrected chi connectivity index (χ4v) is 4.26. The van der Waals surface area contributed by atoms with Gasteiger partial charge in [-0.05, 0) is 65.4 Å². The number of aromatic nitrogens is 1. The second-order valence-electron chi connectivity index (χ2n) is 9.44. The van der Waals surface area contributed by atoms with Crippen LogP contribution in [0.25, 0.3) is 5.76 Å². The highest BCUT2D eigenvalue weighted by Crippen LogP contribution is 2.42. The van der Waals surface area contributed by atoms with Gasteiger partial charge < -0.3 is 9.84 Å². The van der Waals surface area contributed by atoms with E-state index in [1.807, 2.05) is 31.2 Å². The van der Waals surface area contributed by atoms with Crippen molar-refractivity contribution in [1.82, 2.24) is 4.98 Å². The van der Waals surface area contributed by atoms with Gasteiger partial charge in [-0.1, -0.05) is 39.0 Å². The van der Waals surface area contributed by atoms with Gasteiger partial charge in [0.05, 0.1) is 18.7 Å². The average molecular weight is 457 g/mol. The maximum absolute atomic E-state index is 13.3. The van der Waals surface area contributed by atoms with Crippen molar-refractivity contribution >= 4 is 23.1 Å². The second-order valence-corrected chi connectivity index (χ2v) is 9.44. The summed E-state index contributed by atoms with van der Waals surface area (Å²) in [5.41, 5.74) is 3.54. The molecule has 2 heterocycles. The Bertz CT molecular complexity index is 1270. The number of carbonyl (C=O) groups excluding carboxylic acids is 2. The molecule has 4 rings (SSSR count). The largest absolute Gasteiger partial charge is 0.507 e. The maximum Gasteiger partial charge on any atom is 0.300 e. The number of rotatable bonds is 4. The molecule has 1 fully saturated rings. The third-order valence-electron chi connectivity index (χ3n) is 6.12. The lowest BCUT2D eigenvalue weighted by Crippen LogP contribution is -2.29. The summed E-state index contributed by atoms with van der Waals surface area (Å²) in [5.74, 6) is -0.990. The average Bonchev–Trinajstić information content (AvgIpc) is 3.09. The molecule has 1 aromatic heterocycles. The Balaban J connectivity index is 1.89. The number of hydrogen-bond donors (Lipinski definition) is 1. The van der Waals surface area contributed by atoms with Crippen molar-refractivity contribution in [2.45, 2.75) is 39.2 Å². The number of amides is 1. The van der Waals surface area contributed by atoms with Gasteiger partial charge in [0.2, 0.25) is 0 Å². The van der Waals surface area contributed by atoms with E-state index >= 15 is 0 Å². The van der Waals surface area contributed by atoms with Gasteiger partial charge in [-0.2, -0.15) is 0 Å². The first kappa shape index (κ1) is 23.2. The van der Waals surface area contributed by atoms with Gasteiger partial charge in [0.25, 0.3) is 11.7 Å². The van der Waals surface area contributed by atoms with Gasteiger partial charge in [-0.3, -0.25) is 19.5 Å². The molecule has 1 aliphatic heterocycles. The van der Waals surface area contributed by atoms with Crippen LogP contribution in [-0.2, 0) is 15.0 Å². The number of anilines is 1. The van der Waals surface area contributed by atoms with Crippen LogP contribution in [-0.4, -0.2) is 28.9 Å². The standard InChI is InChI=1S/C28H28N2O4/c1-17-15-18(8-13-22(17)34-5)25(31)23-24(19-7-6-14-29-16-19)30(27(33)26(23)32)21-11-9-20(10-12-21)28(2,3)4/h6-16,24,31H,1-5H3/b25-23-. The lowest BCUT2D eigenvalue weighted by molar-refractivity contribution is -0.132. The molecule has 6 nitrogen and oxygen atoms in total. The molecule has 3 aromatic rings. The van der Waals surface area contributed by atoms with Crippen molar-refractivity contribution in [2.75, 3.05) is 12.0 Å². The van der Waals surface area contributed by atoms with E-state index in [4.69, 9.17) is 4.74 Å². The van der Waals surface area contributed by atoms with Crippen molar-refractivity contribution < 1.29 is 19.4 Å². The van der Waals surface area contributed by atoms with E-state index in [1.54, 1.807) is 49.8 Å². The van der Waals surface area contributed by atoms with Crippen LogP contribution in [0.3, 0.4) is 0 Å². The van der Waals surface area contributed by atoms with Crippen LogP contribution in [0.15, 0.2) is 72.6 Å². The third kappa shape index (κ3) is 4.07. The summed E-state index contributed by atoms with van der Waals surface area (Å²) in [7, 11) is 1.57. The number of pyridine rings is 1. The van der Waals surface area contributed by atoms with Crippen LogP contribution in [0.1, 0.15) is 49.1 Å². The van der Waals surface area contributed by atoms with Gasteiger partial charge in [0.1, 0.15) is 11.5 Å². The van der Waals surface area contributed by atoms with E-state index in [1.165, 1.54) is 4.90 Å². The van der Waals surface area contributed by atoms with Crippen LogP contribution in [0.5, 0.6) is 5.75 Å². The number of Topliss-reactive ketones (excluding diaryl/α,β-unsaturated/α-hetero) is 1. The molecular formula is C28H28N2O4. The number of aryl methyl sites for hydroxylation is 1. The summed E-state index contributed by atoms with van der Waals surface area (Å²) >= 11 is 0. The summed E-state index contributed by atoms with van der Waals surface area (Å²) in [5, 5.41) is 11.3. The Morgan fingerprint density at radius 1 is 1.06 bits per heavy atom. The third-order valence-corrected chi connectivity index (χ3v) is 6.12. The quantitative estimate of drug-likeness (QED) is 0.326. The Labute approximate surface area is 199 Å². The number of benzene rings is 2. The summed E-state index contributed by atoms with van der Waals surface area (Å²) in [4.78, 5) is 32.2. The van der Waals surface area contributed by atoms with Crippen molar-refractivity contribution in [3.05, 3.63) is 94.8 Å². The molecule has 0 aliphatic carbocycles. The molecule has 6 heteroatoms. The van der Waals surface area contributed by atoms with Gasteiger partial charge in [-0.25, -0.2) is 0 Å². The zero-order valence-electron chi connectivity index (χ0n) is 20.0. The minimum Gasteiger partial charge on any atom is -0.507 e. The second kappa shape index (κ2) is 8.78. The number of methoxy groups -OCH3 is 1. The first-order chi connectivity index (χ1) is 16.1. The Hall–Kier alpha value is -3.93. The van der Waals surface area contributed by atoms with E-state index in [0.717, 1.165) is 11.1 Å². The highest BCUT2D eigenvalue weighted by molar-refractivity contribution is 6.51. The van der Waals surface area contributed by atoms with Gasteiger partial charge in [-0.15, -0.1) is 0 Å². The van der Waals surface area contributed by atoms with Gasteiger partial charge in [0, 0.05) is 23.6 Å². The number of nitrogens with zero attached hydrogens (tertiary/aromatic N) is 2. The molecule has 0 spiro atoms. The molecule has 34 heavy (non-hydrogen) atoms. The van der Waals surface area contributed by atoms with E-state index in [9.17, 15) is 14.7 Å². The maximum atomic E-state index is 13.3. The fraction of sp³-hybridized carbons (Fsp3) is 0.250. The van der Waals surface area contributed by atoms with Crippen molar-refractivity contribution in [2.24, 2.45) is 0 Å². The minimum atomic E-state index is -0.809. The molecule has 2 aromatic carbocycles. The molecular weight excluding hydrogens is 428 g/mol. The smallest absolute Gasteiger partial charge is 0.300 e. The van der Waals surface area contributed by atoms with Crippen LogP contribution in [0.4, 0.5) is 5.69 Å². The number of ketones is 1. The van der Waals surface area contributed by atoms with Crippen LogP contribution >= 0.6 is 0 Å². The summed E-state index contributed by atoms with van der Waals surface area (Å²) in [6.07, 6.45) is 3.24. The van der Waals surface area contributed by atoms with Crippen molar-refractivity contribution in [1.29, 1.82) is 0 Å². The number of aliphatic hydroxyl groups excluding tert-OH is 1. The van der Waals surface area contributed by atoms with E-state index in [0.29, 0.717) is 22.6 Å². The Kier molecular flexibility index (Phi) is 6.00. The first-order valence-electron chi connectivity index (χ1n) is 11.1. The lowest BCUT2D eigenvalue weighted by atomic mass is 9.87. The number of aliphatic hydroxyl groups is 1. The molecule has 1 saturated heterocycles. The lowest BCUT2D eigenvalue weighted by Gasteiger charge is -2.26. The highest BCUT2D eigenvalue weighted by Gasteiger charge is 2.47.